The summed E-state index contributed by atoms with van der Waals surface area (Å²) >= 11 is 3.33. The summed E-state index contributed by atoms with van der Waals surface area (Å²) in [4.78, 5) is 25.8. The number of hydrogen-bond acceptors (Lipinski definition) is 3. The largest absolute Gasteiger partial charge is 0.507 e. The lowest BCUT2D eigenvalue weighted by Crippen LogP contribution is -2.24. The summed E-state index contributed by atoms with van der Waals surface area (Å²) in [6.07, 6.45) is 0. The van der Waals surface area contributed by atoms with Crippen LogP contribution < -0.4 is 0 Å². The Kier molecular flexibility index (Phi) is 4.05. The lowest BCUT2D eigenvalue weighted by Gasteiger charge is -2.20. The molecular weight excluding hydrogens is 358 g/mol. The molecule has 1 heterocycles. The minimum atomic E-state index is -0.665. The van der Waals surface area contributed by atoms with Crippen molar-refractivity contribution in [3.05, 3.63) is 75.8 Å². The van der Waals surface area contributed by atoms with E-state index in [0.717, 1.165) is 10.0 Å². The molecule has 1 unspecified atom stereocenters. The first-order valence-corrected chi connectivity index (χ1v) is 7.85. The zero-order valence-corrected chi connectivity index (χ0v) is 13.9. The van der Waals surface area contributed by atoms with Crippen molar-refractivity contribution in [2.45, 2.75) is 6.04 Å². The molecule has 1 fully saturated rings. The summed E-state index contributed by atoms with van der Waals surface area (Å²) in [5, 5.41) is 10.6. The van der Waals surface area contributed by atoms with Gasteiger partial charge in [0.2, 0.25) is 0 Å². The minimum Gasteiger partial charge on any atom is -0.507 e. The maximum atomic E-state index is 12.4. The first-order valence-electron chi connectivity index (χ1n) is 7.06. The number of ketones is 1. The third-order valence-electron chi connectivity index (χ3n) is 3.91. The van der Waals surface area contributed by atoms with Gasteiger partial charge < -0.3 is 10.0 Å². The Labute approximate surface area is 142 Å². The molecule has 3 rings (SSSR count). The first kappa shape index (κ1) is 15.5. The topological polar surface area (TPSA) is 57.6 Å². The van der Waals surface area contributed by atoms with Gasteiger partial charge in [0.1, 0.15) is 5.76 Å². The molecule has 116 valence electrons. The van der Waals surface area contributed by atoms with Gasteiger partial charge in [-0.15, -0.1) is 0 Å². The second-order valence-corrected chi connectivity index (χ2v) is 6.24. The molecule has 0 saturated carbocycles. The van der Waals surface area contributed by atoms with E-state index in [2.05, 4.69) is 15.9 Å². The number of aliphatic hydroxyl groups excluding tert-OH is 1. The fourth-order valence-electron chi connectivity index (χ4n) is 2.74. The number of carbonyl (C=O) groups is 2. The fraction of sp³-hybridized carbons (Fsp3) is 0.111. The number of nitrogens with zero attached hydrogens (tertiary/aromatic N) is 1. The third-order valence-corrected chi connectivity index (χ3v) is 4.44. The Morgan fingerprint density at radius 2 is 1.65 bits per heavy atom. The minimum absolute atomic E-state index is 0.117. The molecule has 2 aromatic rings. The molecule has 23 heavy (non-hydrogen) atoms. The van der Waals surface area contributed by atoms with Crippen molar-refractivity contribution < 1.29 is 14.7 Å². The van der Waals surface area contributed by atoms with Gasteiger partial charge in [0.15, 0.2) is 0 Å². The number of rotatable bonds is 2. The van der Waals surface area contributed by atoms with Crippen LogP contribution in [-0.4, -0.2) is 28.7 Å². The standard InChI is InChI=1S/C18H14BrNO3/c1-20-15(11-5-3-2-4-6-11)14(17(22)18(20)23)16(21)12-7-9-13(19)10-8-12/h2-10,15,21H,1H3. The molecular formula is C18H14BrNO3. The molecule has 0 spiro atoms. The van der Waals surface area contributed by atoms with Gasteiger partial charge in [-0.25, -0.2) is 0 Å². The van der Waals surface area contributed by atoms with Crippen LogP contribution >= 0.6 is 15.9 Å². The predicted molar refractivity (Wildman–Crippen MR) is 90.7 cm³/mol. The SMILES string of the molecule is CN1C(=O)C(=O)C(=C(O)c2ccc(Br)cc2)C1c1ccccc1. The van der Waals surface area contributed by atoms with Gasteiger partial charge >= 0.3 is 0 Å². The average Bonchev–Trinajstić information content (AvgIpc) is 2.80. The first-order chi connectivity index (χ1) is 11.0. The highest BCUT2D eigenvalue weighted by Crippen LogP contribution is 2.38. The van der Waals surface area contributed by atoms with E-state index in [-0.39, 0.29) is 11.3 Å². The summed E-state index contributed by atoms with van der Waals surface area (Å²) in [6, 6.07) is 15.6. The lowest BCUT2D eigenvalue weighted by atomic mass is 9.95. The lowest BCUT2D eigenvalue weighted by molar-refractivity contribution is -0.139. The zero-order valence-electron chi connectivity index (χ0n) is 12.4. The van der Waals surface area contributed by atoms with Crippen molar-refractivity contribution in [1.29, 1.82) is 0 Å². The molecule has 1 atom stereocenters. The summed E-state index contributed by atoms with van der Waals surface area (Å²) in [6.45, 7) is 0. The Morgan fingerprint density at radius 1 is 1.04 bits per heavy atom. The van der Waals surface area contributed by atoms with Crippen LogP contribution in [0.3, 0.4) is 0 Å². The number of amides is 1. The maximum absolute atomic E-state index is 12.4. The van der Waals surface area contributed by atoms with E-state index in [1.807, 2.05) is 30.3 Å². The average molecular weight is 372 g/mol. The Balaban J connectivity index is 2.17. The maximum Gasteiger partial charge on any atom is 0.295 e. The number of benzene rings is 2. The van der Waals surface area contributed by atoms with Crippen LogP contribution in [0.1, 0.15) is 17.2 Å². The number of likely N-dealkylation sites (tertiary alicyclic amines) is 1. The number of hydrogen-bond donors (Lipinski definition) is 1. The smallest absolute Gasteiger partial charge is 0.295 e. The fourth-order valence-corrected chi connectivity index (χ4v) is 3.00. The Bertz CT molecular complexity index is 797. The highest BCUT2D eigenvalue weighted by molar-refractivity contribution is 9.10. The van der Waals surface area contributed by atoms with Crippen molar-refractivity contribution in [3.63, 3.8) is 0 Å². The Morgan fingerprint density at radius 3 is 2.26 bits per heavy atom. The third kappa shape index (κ3) is 2.68. The monoisotopic (exact) mass is 371 g/mol. The number of aliphatic hydroxyl groups is 1. The number of likely N-dealkylation sites (N-methyl/N-ethyl adjacent to an activating group) is 1. The van der Waals surface area contributed by atoms with E-state index >= 15 is 0 Å². The van der Waals surface area contributed by atoms with E-state index in [1.165, 1.54) is 4.90 Å². The van der Waals surface area contributed by atoms with Crippen molar-refractivity contribution in [1.82, 2.24) is 4.90 Å². The molecule has 2 aromatic carbocycles. The van der Waals surface area contributed by atoms with Crippen LogP contribution in [0.4, 0.5) is 0 Å². The van der Waals surface area contributed by atoms with Crippen molar-refractivity contribution in [3.8, 4) is 0 Å². The molecule has 1 aliphatic heterocycles. The Hall–Kier alpha value is -2.40. The highest BCUT2D eigenvalue weighted by atomic mass is 79.9. The molecule has 1 N–H and O–H groups in total. The molecule has 0 bridgehead atoms. The molecule has 1 saturated heterocycles. The summed E-state index contributed by atoms with van der Waals surface area (Å²) in [5.74, 6) is -1.44. The van der Waals surface area contributed by atoms with Crippen LogP contribution in [0.15, 0.2) is 64.6 Å². The van der Waals surface area contributed by atoms with Crippen LogP contribution in [0.25, 0.3) is 5.76 Å². The van der Waals surface area contributed by atoms with Gasteiger partial charge in [-0.05, 0) is 17.7 Å². The highest BCUT2D eigenvalue weighted by Gasteiger charge is 2.44. The normalized spacial score (nSPS) is 20.1. The summed E-state index contributed by atoms with van der Waals surface area (Å²) in [5.41, 5.74) is 1.40. The van der Waals surface area contributed by atoms with Crippen LogP contribution in [0.2, 0.25) is 0 Å². The molecule has 4 nitrogen and oxygen atoms in total. The molecule has 0 radical (unpaired) electrons. The summed E-state index contributed by atoms with van der Waals surface area (Å²) in [7, 11) is 1.57. The zero-order chi connectivity index (χ0) is 16.6. The van der Waals surface area contributed by atoms with E-state index in [4.69, 9.17) is 0 Å². The van der Waals surface area contributed by atoms with E-state index in [0.29, 0.717) is 5.56 Å². The number of carbonyl (C=O) groups excluding carboxylic acids is 2. The second-order valence-electron chi connectivity index (χ2n) is 5.33. The molecule has 5 heteroatoms. The van der Waals surface area contributed by atoms with Gasteiger partial charge in [0, 0.05) is 17.1 Å². The van der Waals surface area contributed by atoms with Crippen molar-refractivity contribution in [2.24, 2.45) is 0 Å². The van der Waals surface area contributed by atoms with Gasteiger partial charge in [0.05, 0.1) is 11.6 Å². The number of Topliss-reactive ketones (excluding diaryl/α,β-unsaturated/α-hetero) is 1. The molecule has 0 aromatic heterocycles. The molecule has 1 aliphatic rings. The van der Waals surface area contributed by atoms with Crippen molar-refractivity contribution in [2.75, 3.05) is 7.05 Å². The van der Waals surface area contributed by atoms with E-state index < -0.39 is 17.7 Å². The van der Waals surface area contributed by atoms with Crippen LogP contribution in [-0.2, 0) is 9.59 Å². The predicted octanol–water partition coefficient (Wildman–Crippen LogP) is 3.50. The van der Waals surface area contributed by atoms with E-state index in [1.54, 1.807) is 31.3 Å². The van der Waals surface area contributed by atoms with Crippen LogP contribution in [0, 0.1) is 0 Å². The van der Waals surface area contributed by atoms with Gasteiger partial charge in [-0.3, -0.25) is 9.59 Å². The van der Waals surface area contributed by atoms with Crippen molar-refractivity contribution >= 4 is 33.4 Å². The van der Waals surface area contributed by atoms with Gasteiger partial charge in [-0.2, -0.15) is 0 Å². The van der Waals surface area contributed by atoms with Gasteiger partial charge in [-0.1, -0.05) is 58.4 Å². The molecule has 1 amide bonds. The van der Waals surface area contributed by atoms with Gasteiger partial charge in [0.25, 0.3) is 11.7 Å². The van der Waals surface area contributed by atoms with E-state index in [9.17, 15) is 14.7 Å². The van der Waals surface area contributed by atoms with Crippen LogP contribution in [0.5, 0.6) is 0 Å². The quantitative estimate of drug-likeness (QED) is 0.499. The molecule has 0 aliphatic carbocycles. The second kappa shape index (κ2) is 6.01. The number of halogens is 1. The summed E-state index contributed by atoms with van der Waals surface area (Å²) < 4.78 is 0.865.